The number of hydrogen-bond acceptors (Lipinski definition) is 6. The second-order valence-electron chi connectivity index (χ2n) is 5.30. The first kappa shape index (κ1) is 16.6. The third-order valence-electron chi connectivity index (χ3n) is 3.59. The van der Waals surface area contributed by atoms with Crippen LogP contribution in [0.2, 0.25) is 0 Å². The molecule has 0 atom stereocenters. The molecule has 3 rings (SSSR count). The molecule has 0 fully saturated rings. The van der Waals surface area contributed by atoms with Crippen molar-refractivity contribution in [1.29, 1.82) is 0 Å². The number of carbonyl (C=O) groups is 1. The van der Waals surface area contributed by atoms with Gasteiger partial charge in [-0.1, -0.05) is 18.2 Å². The fraction of sp³-hybridized carbons (Fsp3) is 0.235. The number of benzene rings is 2. The molecular formula is C17H16N2O6. The van der Waals surface area contributed by atoms with Crippen LogP contribution < -0.4 is 19.5 Å². The fourth-order valence-electron chi connectivity index (χ4n) is 2.37. The van der Waals surface area contributed by atoms with Gasteiger partial charge in [-0.05, 0) is 30.2 Å². The molecule has 8 nitrogen and oxygen atoms in total. The summed E-state index contributed by atoms with van der Waals surface area (Å²) in [6.07, 6.45) is 0.619. The predicted molar refractivity (Wildman–Crippen MR) is 87.9 cm³/mol. The Balaban J connectivity index is 1.45. The van der Waals surface area contributed by atoms with Crippen molar-refractivity contribution in [2.75, 3.05) is 19.9 Å². The number of ether oxygens (including phenoxy) is 3. The van der Waals surface area contributed by atoms with Crippen LogP contribution in [0.15, 0.2) is 42.5 Å². The molecule has 8 heteroatoms. The quantitative estimate of drug-likeness (QED) is 0.609. The van der Waals surface area contributed by atoms with Crippen molar-refractivity contribution < 1.29 is 23.9 Å². The fourth-order valence-corrected chi connectivity index (χ4v) is 2.37. The van der Waals surface area contributed by atoms with Gasteiger partial charge in [-0.2, -0.15) is 0 Å². The molecule has 1 N–H and O–H groups in total. The van der Waals surface area contributed by atoms with Crippen LogP contribution in [0.5, 0.6) is 17.2 Å². The molecule has 0 spiro atoms. The van der Waals surface area contributed by atoms with Crippen LogP contribution in [0.4, 0.5) is 5.69 Å². The van der Waals surface area contributed by atoms with Gasteiger partial charge in [0, 0.05) is 12.6 Å². The van der Waals surface area contributed by atoms with Gasteiger partial charge in [0.1, 0.15) is 0 Å². The summed E-state index contributed by atoms with van der Waals surface area (Å²) in [7, 11) is 0. The maximum atomic E-state index is 11.8. The first-order valence-corrected chi connectivity index (χ1v) is 7.65. The molecule has 0 unspecified atom stereocenters. The van der Waals surface area contributed by atoms with Crippen LogP contribution in [-0.4, -0.2) is 30.8 Å². The molecule has 0 saturated heterocycles. The number of fused-ring (bicyclic) bond motifs is 1. The number of nitro groups is 1. The average molecular weight is 344 g/mol. The Hall–Kier alpha value is -3.29. The van der Waals surface area contributed by atoms with Gasteiger partial charge in [0.05, 0.1) is 4.92 Å². The Morgan fingerprint density at radius 3 is 2.84 bits per heavy atom. The van der Waals surface area contributed by atoms with E-state index in [0.29, 0.717) is 24.5 Å². The number of nitrogens with zero attached hydrogens (tertiary/aromatic N) is 1. The number of amides is 1. The summed E-state index contributed by atoms with van der Waals surface area (Å²) < 4.78 is 15.8. The largest absolute Gasteiger partial charge is 0.477 e. The van der Waals surface area contributed by atoms with Crippen LogP contribution in [-0.2, 0) is 11.2 Å². The Labute approximate surface area is 143 Å². The Morgan fingerprint density at radius 1 is 1.20 bits per heavy atom. The highest BCUT2D eigenvalue weighted by Gasteiger charge is 2.15. The van der Waals surface area contributed by atoms with E-state index in [4.69, 9.17) is 14.2 Å². The summed E-state index contributed by atoms with van der Waals surface area (Å²) in [4.78, 5) is 22.2. The maximum absolute atomic E-state index is 11.8. The average Bonchev–Trinajstić information content (AvgIpc) is 3.08. The van der Waals surface area contributed by atoms with Gasteiger partial charge in [0.2, 0.25) is 6.79 Å². The van der Waals surface area contributed by atoms with E-state index in [1.807, 2.05) is 18.2 Å². The third-order valence-corrected chi connectivity index (χ3v) is 3.59. The zero-order chi connectivity index (χ0) is 17.6. The highest BCUT2D eigenvalue weighted by Crippen LogP contribution is 2.32. The molecule has 1 aliphatic rings. The van der Waals surface area contributed by atoms with Crippen LogP contribution in [0, 0.1) is 10.1 Å². The molecule has 2 aromatic carbocycles. The smallest absolute Gasteiger partial charge is 0.310 e. The lowest BCUT2D eigenvalue weighted by molar-refractivity contribution is -0.385. The zero-order valence-corrected chi connectivity index (χ0v) is 13.3. The molecule has 0 aromatic heterocycles. The molecule has 0 saturated carbocycles. The molecule has 25 heavy (non-hydrogen) atoms. The van der Waals surface area contributed by atoms with E-state index < -0.39 is 4.92 Å². The summed E-state index contributed by atoms with van der Waals surface area (Å²) in [5.41, 5.74) is 0.833. The third kappa shape index (κ3) is 4.17. The van der Waals surface area contributed by atoms with Crippen molar-refractivity contribution in [1.82, 2.24) is 5.32 Å². The van der Waals surface area contributed by atoms with Gasteiger partial charge in [0.15, 0.2) is 23.9 Å². The number of nitrogens with one attached hydrogen (secondary N) is 1. The molecule has 1 aliphatic heterocycles. The van der Waals surface area contributed by atoms with Crippen molar-refractivity contribution in [2.45, 2.75) is 6.42 Å². The topological polar surface area (TPSA) is 99.9 Å². The van der Waals surface area contributed by atoms with Gasteiger partial charge in [0.25, 0.3) is 5.91 Å². The predicted octanol–water partition coefficient (Wildman–Crippen LogP) is 2.06. The lowest BCUT2D eigenvalue weighted by atomic mass is 10.1. The van der Waals surface area contributed by atoms with Gasteiger partial charge >= 0.3 is 5.69 Å². The molecule has 0 aliphatic carbocycles. The van der Waals surface area contributed by atoms with Crippen LogP contribution in [0.25, 0.3) is 0 Å². The Kier molecular flexibility index (Phi) is 4.98. The van der Waals surface area contributed by atoms with E-state index in [0.717, 1.165) is 5.56 Å². The van der Waals surface area contributed by atoms with E-state index in [-0.39, 0.29) is 30.7 Å². The molecule has 1 amide bonds. The molecule has 1 heterocycles. The van der Waals surface area contributed by atoms with E-state index in [1.165, 1.54) is 18.2 Å². The number of para-hydroxylation sites is 2. The van der Waals surface area contributed by atoms with Crippen molar-refractivity contribution in [3.63, 3.8) is 0 Å². The number of rotatable bonds is 7. The standard InChI is InChI=1S/C17H16N2O6/c20-17(10-23-14-4-2-1-3-13(14)19(21)22)18-8-7-12-5-6-15-16(9-12)25-11-24-15/h1-6,9H,7-8,10-11H2,(H,18,20). The second-order valence-corrected chi connectivity index (χ2v) is 5.30. The van der Waals surface area contributed by atoms with Crippen molar-refractivity contribution in [3.8, 4) is 17.2 Å². The number of nitro benzene ring substituents is 1. The van der Waals surface area contributed by atoms with Crippen molar-refractivity contribution in [3.05, 3.63) is 58.1 Å². The van der Waals surface area contributed by atoms with Gasteiger partial charge in [-0.3, -0.25) is 14.9 Å². The van der Waals surface area contributed by atoms with E-state index in [9.17, 15) is 14.9 Å². The van der Waals surface area contributed by atoms with Gasteiger partial charge < -0.3 is 19.5 Å². The molecule has 0 radical (unpaired) electrons. The first-order chi connectivity index (χ1) is 12.1. The van der Waals surface area contributed by atoms with Crippen molar-refractivity contribution in [2.24, 2.45) is 0 Å². The number of hydrogen-bond donors (Lipinski definition) is 1. The van der Waals surface area contributed by atoms with E-state index >= 15 is 0 Å². The lowest BCUT2D eigenvalue weighted by Crippen LogP contribution is -2.30. The van der Waals surface area contributed by atoms with Gasteiger partial charge in [-0.25, -0.2) is 0 Å². The minimum Gasteiger partial charge on any atom is -0.477 e. The summed E-state index contributed by atoms with van der Waals surface area (Å²) in [6.45, 7) is 0.350. The highest BCUT2D eigenvalue weighted by molar-refractivity contribution is 5.77. The maximum Gasteiger partial charge on any atom is 0.310 e. The van der Waals surface area contributed by atoms with E-state index in [1.54, 1.807) is 6.07 Å². The molecule has 0 bridgehead atoms. The molecule has 2 aromatic rings. The van der Waals surface area contributed by atoms with Crippen LogP contribution >= 0.6 is 0 Å². The Morgan fingerprint density at radius 2 is 2.00 bits per heavy atom. The van der Waals surface area contributed by atoms with Crippen molar-refractivity contribution >= 4 is 11.6 Å². The monoisotopic (exact) mass is 344 g/mol. The van der Waals surface area contributed by atoms with Crippen LogP contribution in [0.1, 0.15) is 5.56 Å². The molecular weight excluding hydrogens is 328 g/mol. The summed E-state index contributed by atoms with van der Waals surface area (Å²) >= 11 is 0. The summed E-state index contributed by atoms with van der Waals surface area (Å²) in [6, 6.07) is 11.5. The van der Waals surface area contributed by atoms with Crippen LogP contribution in [0.3, 0.4) is 0 Å². The second kappa shape index (κ2) is 7.52. The normalized spacial score (nSPS) is 11.8. The lowest BCUT2D eigenvalue weighted by Gasteiger charge is -2.08. The van der Waals surface area contributed by atoms with E-state index in [2.05, 4.69) is 5.32 Å². The Bertz CT molecular complexity index is 792. The minimum absolute atomic E-state index is 0.0680. The highest BCUT2D eigenvalue weighted by atomic mass is 16.7. The first-order valence-electron chi connectivity index (χ1n) is 7.65. The summed E-state index contributed by atoms with van der Waals surface area (Å²) in [5.74, 6) is 1.13. The molecule has 130 valence electrons. The SMILES string of the molecule is O=C(COc1ccccc1[N+](=O)[O-])NCCc1ccc2c(c1)OCO2. The summed E-state index contributed by atoms with van der Waals surface area (Å²) in [5, 5.41) is 13.6. The minimum atomic E-state index is -0.549. The van der Waals surface area contributed by atoms with Gasteiger partial charge in [-0.15, -0.1) is 0 Å². The zero-order valence-electron chi connectivity index (χ0n) is 13.3. The number of carbonyl (C=O) groups excluding carboxylic acids is 1.